The maximum Gasteiger partial charge on any atom is 0.241 e. The fraction of sp³-hybridized carbons (Fsp3) is 0.350. The molecule has 1 aliphatic heterocycles. The minimum absolute atomic E-state index is 0.565. The van der Waals surface area contributed by atoms with Crippen molar-refractivity contribution >= 4 is 0 Å². The molecule has 3 aromatic rings. The lowest BCUT2D eigenvalue weighted by Crippen LogP contribution is -2.29. The number of aryl methyl sites for hydroxylation is 1. The minimum Gasteiger partial charge on any atom is -0.337 e. The molecule has 1 aromatic carbocycles. The van der Waals surface area contributed by atoms with E-state index in [-0.39, 0.29) is 0 Å². The lowest BCUT2D eigenvalue weighted by molar-refractivity contribution is 0.203. The van der Waals surface area contributed by atoms with Gasteiger partial charge in [-0.15, -0.1) is 0 Å². The summed E-state index contributed by atoms with van der Waals surface area (Å²) in [5.74, 6) is 1.24. The third kappa shape index (κ3) is 3.94. The van der Waals surface area contributed by atoms with Crippen LogP contribution in [0.4, 0.5) is 0 Å². The zero-order valence-corrected chi connectivity index (χ0v) is 14.2. The molecule has 25 heavy (non-hydrogen) atoms. The zero-order chi connectivity index (χ0) is 16.9. The van der Waals surface area contributed by atoms with Crippen molar-refractivity contribution in [2.24, 2.45) is 0 Å². The van der Waals surface area contributed by atoms with E-state index in [2.05, 4.69) is 50.4 Å². The second-order valence-corrected chi connectivity index (χ2v) is 6.52. The van der Waals surface area contributed by atoms with E-state index in [1.165, 1.54) is 24.8 Å². The van der Waals surface area contributed by atoms with Crippen LogP contribution in [-0.4, -0.2) is 32.6 Å². The highest BCUT2D eigenvalue weighted by Gasteiger charge is 2.26. The third-order valence-electron chi connectivity index (χ3n) is 4.81. The van der Waals surface area contributed by atoms with Gasteiger partial charge in [-0.25, -0.2) is 0 Å². The molecule has 0 bridgehead atoms. The first-order valence-electron chi connectivity index (χ1n) is 8.90. The van der Waals surface area contributed by atoms with Gasteiger partial charge in [0.2, 0.25) is 11.7 Å². The van der Waals surface area contributed by atoms with Gasteiger partial charge in [0, 0.05) is 12.2 Å². The molecule has 0 unspecified atom stereocenters. The quantitative estimate of drug-likeness (QED) is 0.687. The van der Waals surface area contributed by atoms with Crippen LogP contribution in [0.2, 0.25) is 0 Å². The molecular weight excluding hydrogens is 312 g/mol. The number of likely N-dealkylation sites (tertiary alicyclic amines) is 1. The number of nitrogens with zero attached hydrogens (tertiary/aromatic N) is 4. The van der Waals surface area contributed by atoms with Crippen LogP contribution < -0.4 is 0 Å². The second kappa shape index (κ2) is 7.57. The summed E-state index contributed by atoms with van der Waals surface area (Å²) < 4.78 is 5.45. The van der Waals surface area contributed by atoms with Crippen LogP contribution in [0, 0.1) is 0 Å². The Morgan fingerprint density at radius 1 is 1.08 bits per heavy atom. The molecule has 0 amide bonds. The summed E-state index contributed by atoms with van der Waals surface area (Å²) in [6, 6.07) is 17.0. The molecule has 0 saturated carbocycles. The summed E-state index contributed by atoms with van der Waals surface area (Å²) in [5.41, 5.74) is 2.16. The fourth-order valence-corrected chi connectivity index (χ4v) is 3.50. The molecule has 0 radical (unpaired) electrons. The van der Waals surface area contributed by atoms with Crippen LogP contribution in [0.5, 0.6) is 0 Å². The normalized spacial score (nSPS) is 17.8. The number of rotatable bonds is 6. The first-order chi connectivity index (χ1) is 12.4. The lowest BCUT2D eigenvalue weighted by Gasteiger charge is -2.22. The monoisotopic (exact) mass is 334 g/mol. The van der Waals surface area contributed by atoms with Crippen molar-refractivity contribution in [2.45, 2.75) is 38.3 Å². The largest absolute Gasteiger partial charge is 0.337 e. The van der Waals surface area contributed by atoms with Crippen molar-refractivity contribution in [3.8, 4) is 11.5 Å². The summed E-state index contributed by atoms with van der Waals surface area (Å²) in [4.78, 5) is 11.3. The van der Waals surface area contributed by atoms with E-state index >= 15 is 0 Å². The molecule has 5 nitrogen and oxygen atoms in total. The van der Waals surface area contributed by atoms with Gasteiger partial charge in [-0.3, -0.25) is 9.88 Å². The predicted molar refractivity (Wildman–Crippen MR) is 95.7 cm³/mol. The summed E-state index contributed by atoms with van der Waals surface area (Å²) in [5, 5.41) is 4.07. The first kappa shape index (κ1) is 16.0. The average molecular weight is 334 g/mol. The Bertz CT molecular complexity index is 788. The predicted octanol–water partition coefficient (Wildman–Crippen LogP) is 3.73. The SMILES string of the molecule is c1ccc(CC[C@H]2CCCN2Cc2nc(-c3ccccn3)no2)cc1. The van der Waals surface area contributed by atoms with Gasteiger partial charge in [-0.1, -0.05) is 41.6 Å². The summed E-state index contributed by atoms with van der Waals surface area (Å²) >= 11 is 0. The Morgan fingerprint density at radius 2 is 1.96 bits per heavy atom. The average Bonchev–Trinajstić information content (AvgIpc) is 3.32. The molecule has 128 valence electrons. The first-order valence-corrected chi connectivity index (χ1v) is 8.90. The van der Waals surface area contributed by atoms with E-state index in [1.807, 2.05) is 18.2 Å². The van der Waals surface area contributed by atoms with Crippen molar-refractivity contribution in [3.05, 3.63) is 66.2 Å². The molecule has 4 rings (SSSR count). The highest BCUT2D eigenvalue weighted by atomic mass is 16.5. The topological polar surface area (TPSA) is 55.1 Å². The Hall–Kier alpha value is -2.53. The van der Waals surface area contributed by atoms with Gasteiger partial charge < -0.3 is 4.52 Å². The van der Waals surface area contributed by atoms with Crippen molar-refractivity contribution < 1.29 is 4.52 Å². The minimum atomic E-state index is 0.565. The van der Waals surface area contributed by atoms with Gasteiger partial charge in [-0.05, 0) is 49.9 Å². The number of hydrogen-bond donors (Lipinski definition) is 0. The van der Waals surface area contributed by atoms with E-state index in [0.29, 0.717) is 17.8 Å². The maximum absolute atomic E-state index is 5.45. The van der Waals surface area contributed by atoms with Gasteiger partial charge in [0.15, 0.2) is 0 Å². The molecule has 1 atom stereocenters. The molecule has 0 aliphatic carbocycles. The molecule has 1 fully saturated rings. The van der Waals surface area contributed by atoms with E-state index in [0.717, 1.165) is 25.2 Å². The van der Waals surface area contributed by atoms with Crippen LogP contribution >= 0.6 is 0 Å². The van der Waals surface area contributed by atoms with E-state index < -0.39 is 0 Å². The van der Waals surface area contributed by atoms with Gasteiger partial charge >= 0.3 is 0 Å². The van der Waals surface area contributed by atoms with Gasteiger partial charge in [0.05, 0.1) is 6.54 Å². The number of benzene rings is 1. The molecule has 1 aliphatic rings. The number of pyridine rings is 1. The lowest BCUT2D eigenvalue weighted by atomic mass is 10.0. The second-order valence-electron chi connectivity index (χ2n) is 6.52. The highest BCUT2D eigenvalue weighted by Crippen LogP contribution is 2.24. The molecular formula is C20H22N4O. The van der Waals surface area contributed by atoms with Crippen LogP contribution in [0.1, 0.15) is 30.7 Å². The Balaban J connectivity index is 1.37. The number of hydrogen-bond acceptors (Lipinski definition) is 5. The standard InChI is InChI=1S/C20H22N4O/c1-2-7-16(8-3-1)11-12-17-9-6-14-24(17)15-19-22-20(23-25-19)18-10-4-5-13-21-18/h1-5,7-8,10,13,17H,6,9,11-12,14-15H2/t17-/m1/s1. The summed E-state index contributed by atoms with van der Waals surface area (Å²) in [6.45, 7) is 1.82. The van der Waals surface area contributed by atoms with Gasteiger partial charge in [0.25, 0.3) is 0 Å². The molecule has 1 saturated heterocycles. The van der Waals surface area contributed by atoms with Gasteiger partial charge in [0.1, 0.15) is 5.69 Å². The molecule has 0 spiro atoms. The van der Waals surface area contributed by atoms with Crippen LogP contribution in [0.15, 0.2) is 59.3 Å². The molecule has 3 heterocycles. The van der Waals surface area contributed by atoms with Crippen LogP contribution in [-0.2, 0) is 13.0 Å². The van der Waals surface area contributed by atoms with Crippen LogP contribution in [0.3, 0.4) is 0 Å². The van der Waals surface area contributed by atoms with Crippen LogP contribution in [0.25, 0.3) is 11.5 Å². The Kier molecular flexibility index (Phi) is 4.84. The smallest absolute Gasteiger partial charge is 0.241 e. The highest BCUT2D eigenvalue weighted by molar-refractivity contribution is 5.46. The zero-order valence-electron chi connectivity index (χ0n) is 14.2. The van der Waals surface area contributed by atoms with Gasteiger partial charge in [-0.2, -0.15) is 4.98 Å². The van der Waals surface area contributed by atoms with E-state index in [1.54, 1.807) is 6.20 Å². The van der Waals surface area contributed by atoms with Crippen molar-refractivity contribution in [3.63, 3.8) is 0 Å². The third-order valence-corrected chi connectivity index (χ3v) is 4.81. The summed E-state index contributed by atoms with van der Waals surface area (Å²) in [6.07, 6.45) is 6.51. The Labute approximate surface area is 147 Å². The van der Waals surface area contributed by atoms with Crippen molar-refractivity contribution in [2.75, 3.05) is 6.54 Å². The number of aromatic nitrogens is 3. The van der Waals surface area contributed by atoms with E-state index in [9.17, 15) is 0 Å². The Morgan fingerprint density at radius 3 is 2.80 bits per heavy atom. The summed E-state index contributed by atoms with van der Waals surface area (Å²) in [7, 11) is 0. The molecule has 5 heteroatoms. The van der Waals surface area contributed by atoms with Crippen molar-refractivity contribution in [1.29, 1.82) is 0 Å². The van der Waals surface area contributed by atoms with Crippen molar-refractivity contribution in [1.82, 2.24) is 20.0 Å². The van der Waals surface area contributed by atoms with E-state index in [4.69, 9.17) is 4.52 Å². The fourth-order valence-electron chi connectivity index (χ4n) is 3.50. The molecule has 0 N–H and O–H groups in total. The molecule has 2 aromatic heterocycles. The maximum atomic E-state index is 5.45.